The lowest BCUT2D eigenvalue weighted by Crippen LogP contribution is -2.33. The molecular weight excluding hydrogens is 359 g/mol. The number of nitrogens with zero attached hydrogens (tertiary/aromatic N) is 5. The first-order valence-electron chi connectivity index (χ1n) is 10.8. The lowest BCUT2D eigenvalue weighted by Gasteiger charge is -2.27. The number of fused-ring (bicyclic) bond motifs is 5. The van der Waals surface area contributed by atoms with Gasteiger partial charge >= 0.3 is 0 Å². The number of aryl methyl sites for hydroxylation is 1. The minimum Gasteiger partial charge on any atom is -0.349 e. The highest BCUT2D eigenvalue weighted by Gasteiger charge is 2.31. The summed E-state index contributed by atoms with van der Waals surface area (Å²) in [7, 11) is 0. The number of pyridine rings is 1. The van der Waals surface area contributed by atoms with E-state index in [1.807, 2.05) is 6.92 Å². The highest BCUT2D eigenvalue weighted by molar-refractivity contribution is 5.99. The van der Waals surface area contributed by atoms with E-state index in [0.29, 0.717) is 35.6 Å². The van der Waals surface area contributed by atoms with E-state index in [0.717, 1.165) is 6.20 Å². The molecule has 5 heterocycles. The summed E-state index contributed by atoms with van der Waals surface area (Å²) in [5.41, 5.74) is 1.24. The highest BCUT2D eigenvalue weighted by atomic mass is 19.1. The van der Waals surface area contributed by atoms with Crippen molar-refractivity contribution in [1.82, 2.24) is 24.9 Å². The molecule has 0 aromatic carbocycles. The van der Waals surface area contributed by atoms with E-state index in [9.17, 15) is 10.6 Å². The molecule has 0 saturated carbocycles. The second kappa shape index (κ2) is 6.54. The molecule has 0 spiro atoms. The van der Waals surface area contributed by atoms with Crippen LogP contribution in [0.3, 0.4) is 0 Å². The van der Waals surface area contributed by atoms with Gasteiger partial charge in [-0.15, -0.1) is 0 Å². The number of hydrogen-bond acceptors (Lipinski definition) is 5. The lowest BCUT2D eigenvalue weighted by atomic mass is 9.98. The first kappa shape index (κ1) is 14.0. The summed E-state index contributed by atoms with van der Waals surface area (Å²) >= 11 is 0. The topological polar surface area (TPSA) is 75.4 Å². The van der Waals surface area contributed by atoms with Gasteiger partial charge in [0, 0.05) is 27.2 Å². The maximum Gasteiger partial charge on any atom is 0.256 e. The summed E-state index contributed by atoms with van der Waals surface area (Å²) in [6.45, 7) is 2.06. The molecule has 1 N–H and O–H groups in total. The van der Waals surface area contributed by atoms with Crippen LogP contribution in [0.15, 0.2) is 30.7 Å². The van der Waals surface area contributed by atoms with Crippen LogP contribution in [-0.2, 0) is 6.42 Å². The zero-order valence-electron chi connectivity index (χ0n) is 18.3. The number of carbonyl (C=O) groups is 1. The van der Waals surface area contributed by atoms with Gasteiger partial charge in [0.2, 0.25) is 0 Å². The fourth-order valence-corrected chi connectivity index (χ4v) is 3.73. The Balaban J connectivity index is 1.78. The normalized spacial score (nSPS) is 28.2. The number of amides is 1. The van der Waals surface area contributed by atoms with Crippen LogP contribution >= 0.6 is 0 Å². The van der Waals surface area contributed by atoms with Crippen molar-refractivity contribution in [2.75, 3.05) is 11.4 Å². The van der Waals surface area contributed by atoms with E-state index in [1.165, 1.54) is 21.7 Å². The van der Waals surface area contributed by atoms with Gasteiger partial charge in [-0.2, -0.15) is 5.10 Å². The van der Waals surface area contributed by atoms with Crippen LogP contribution in [0, 0.1) is 5.82 Å². The zero-order chi connectivity index (χ0) is 22.0. The van der Waals surface area contributed by atoms with Crippen molar-refractivity contribution in [3.8, 4) is 0 Å². The molecule has 1 fully saturated rings. The third kappa shape index (κ3) is 2.80. The average Bonchev–Trinajstić information content (AvgIpc) is 3.25. The summed E-state index contributed by atoms with van der Waals surface area (Å²) in [5.74, 6) is -0.617. The molecule has 0 aliphatic carbocycles. The third-order valence-corrected chi connectivity index (χ3v) is 5.16. The van der Waals surface area contributed by atoms with Crippen molar-refractivity contribution in [3.05, 3.63) is 53.4 Å². The molecule has 3 aromatic rings. The van der Waals surface area contributed by atoms with Gasteiger partial charge < -0.3 is 10.2 Å². The quantitative estimate of drug-likeness (QED) is 0.646. The molecule has 2 aliphatic heterocycles. The summed E-state index contributed by atoms with van der Waals surface area (Å²) in [6, 6.07) is 0.666. The molecule has 3 aromatic heterocycles. The zero-order valence-corrected chi connectivity index (χ0v) is 15.3. The van der Waals surface area contributed by atoms with E-state index >= 15 is 0 Å². The molecule has 144 valence electrons. The Labute approximate surface area is 165 Å². The number of halogens is 1. The number of anilines is 1. The Morgan fingerprint density at radius 3 is 3.21 bits per heavy atom. The van der Waals surface area contributed by atoms with Crippen LogP contribution in [0.2, 0.25) is 0 Å². The summed E-state index contributed by atoms with van der Waals surface area (Å²) < 4.78 is 42.3. The van der Waals surface area contributed by atoms with E-state index in [-0.39, 0.29) is 30.5 Å². The molecule has 28 heavy (non-hydrogen) atoms. The van der Waals surface area contributed by atoms with Crippen LogP contribution in [0.4, 0.5) is 10.2 Å². The molecule has 1 unspecified atom stereocenters. The Morgan fingerprint density at radius 1 is 1.43 bits per heavy atom. The Morgan fingerprint density at radius 2 is 2.32 bits per heavy atom. The molecule has 2 atom stereocenters. The van der Waals surface area contributed by atoms with E-state index < -0.39 is 18.2 Å². The molecule has 7 nitrogen and oxygen atoms in total. The molecule has 8 heteroatoms. The van der Waals surface area contributed by atoms with Crippen LogP contribution < -0.4 is 10.2 Å². The smallest absolute Gasteiger partial charge is 0.256 e. The number of nitrogens with one attached hydrogen (secondary N) is 1. The molecule has 1 amide bonds. The van der Waals surface area contributed by atoms with Gasteiger partial charge in [0.15, 0.2) is 5.65 Å². The molecule has 1 saturated heterocycles. The van der Waals surface area contributed by atoms with Gasteiger partial charge in [0.05, 0.1) is 19.8 Å². The van der Waals surface area contributed by atoms with Gasteiger partial charge in [-0.05, 0) is 50.3 Å². The minimum absolute atomic E-state index is 0.0717. The van der Waals surface area contributed by atoms with Crippen molar-refractivity contribution in [2.45, 2.75) is 44.6 Å². The van der Waals surface area contributed by atoms with Crippen molar-refractivity contribution >= 4 is 17.4 Å². The van der Waals surface area contributed by atoms with Crippen molar-refractivity contribution in [1.29, 1.82) is 0 Å². The van der Waals surface area contributed by atoms with E-state index in [4.69, 9.17) is 2.74 Å². The predicted octanol–water partition coefficient (Wildman–Crippen LogP) is 2.67. The van der Waals surface area contributed by atoms with Gasteiger partial charge in [-0.1, -0.05) is 0 Å². The second-order valence-corrected chi connectivity index (χ2v) is 7.10. The number of aromatic nitrogens is 4. The maximum absolute atomic E-state index is 14.3. The number of hydrogen-bond donors (Lipinski definition) is 1. The standard InChI is InChI=1S/C20H21FN6O/c1-12-4-5-16-14(9-13(21)10-22-16)17-3-2-7-26(17)18-6-8-27-19(25-18)15(11-23-27)20(28)24-12/h6,8-12,17H,2-5,7H2,1H3,(H,24,28)/t12-,17?/m1/s1/i3D2,17D. The van der Waals surface area contributed by atoms with Crippen LogP contribution in [0.25, 0.3) is 5.65 Å². The summed E-state index contributed by atoms with van der Waals surface area (Å²) in [5, 5.41) is 7.10. The fourth-order valence-electron chi connectivity index (χ4n) is 3.73. The first-order valence-corrected chi connectivity index (χ1v) is 9.28. The van der Waals surface area contributed by atoms with Gasteiger partial charge in [-0.25, -0.2) is 13.9 Å². The molecular formula is C20H21FN6O. The lowest BCUT2D eigenvalue weighted by molar-refractivity contribution is 0.0940. The summed E-state index contributed by atoms with van der Waals surface area (Å²) in [6.07, 6.45) is 3.09. The van der Waals surface area contributed by atoms with E-state index in [1.54, 1.807) is 12.3 Å². The maximum atomic E-state index is 14.3. The minimum atomic E-state index is -1.98. The van der Waals surface area contributed by atoms with Crippen LogP contribution in [0.1, 0.15) is 57.9 Å². The van der Waals surface area contributed by atoms with Gasteiger partial charge in [0.25, 0.3) is 5.91 Å². The summed E-state index contributed by atoms with van der Waals surface area (Å²) in [4.78, 5) is 23.1. The largest absolute Gasteiger partial charge is 0.349 e. The van der Waals surface area contributed by atoms with Gasteiger partial charge in [-0.3, -0.25) is 9.78 Å². The molecule has 2 bridgehead atoms. The second-order valence-electron chi connectivity index (χ2n) is 7.10. The SMILES string of the molecule is [2H]C1([2H])CCN2c3ccn4ncc(c4n3)C(=O)N[C@H](C)CCc3ncc(F)cc3C21[2H]. The molecule has 5 rings (SSSR count). The van der Waals surface area contributed by atoms with Crippen LogP contribution in [-0.4, -0.2) is 38.1 Å². The predicted molar refractivity (Wildman–Crippen MR) is 102 cm³/mol. The third-order valence-electron chi connectivity index (χ3n) is 5.16. The van der Waals surface area contributed by atoms with Crippen molar-refractivity contribution < 1.29 is 13.3 Å². The number of rotatable bonds is 0. The Kier molecular flexibility index (Phi) is 3.28. The highest BCUT2D eigenvalue weighted by Crippen LogP contribution is 2.37. The van der Waals surface area contributed by atoms with Crippen molar-refractivity contribution in [3.63, 3.8) is 0 Å². The monoisotopic (exact) mass is 383 g/mol. The van der Waals surface area contributed by atoms with E-state index in [2.05, 4.69) is 20.4 Å². The fraction of sp³-hybridized carbons (Fsp3) is 0.400. The van der Waals surface area contributed by atoms with Crippen molar-refractivity contribution in [2.24, 2.45) is 0 Å². The Bertz CT molecular complexity index is 1200. The van der Waals surface area contributed by atoms with Gasteiger partial charge in [0.1, 0.15) is 17.2 Å². The molecule has 2 aliphatic rings. The first-order chi connectivity index (χ1) is 14.7. The average molecular weight is 383 g/mol. The Hall–Kier alpha value is -3.03. The van der Waals surface area contributed by atoms with Crippen LogP contribution in [0.5, 0.6) is 0 Å². The molecule has 0 radical (unpaired) electrons. The number of carbonyl (C=O) groups excluding carboxylic acids is 1.